The van der Waals surface area contributed by atoms with E-state index in [-0.39, 0.29) is 0 Å². The van der Waals surface area contributed by atoms with E-state index in [1.54, 1.807) is 0 Å². The lowest BCUT2D eigenvalue weighted by molar-refractivity contribution is -0.206. The zero-order valence-electron chi connectivity index (χ0n) is 10.8. The summed E-state index contributed by atoms with van der Waals surface area (Å²) < 4.78 is 37.1. The molecule has 1 aromatic rings. The van der Waals surface area contributed by atoms with Gasteiger partial charge in [0.05, 0.1) is 13.2 Å². The van der Waals surface area contributed by atoms with Crippen molar-refractivity contribution >= 4 is 0 Å². The van der Waals surface area contributed by atoms with Gasteiger partial charge in [0.2, 0.25) is 0 Å². The van der Waals surface area contributed by atoms with E-state index >= 15 is 0 Å². The van der Waals surface area contributed by atoms with E-state index in [0.717, 1.165) is 31.4 Å². The van der Waals surface area contributed by atoms with Gasteiger partial charge in [0.15, 0.2) is 17.9 Å². The van der Waals surface area contributed by atoms with Gasteiger partial charge in [-0.05, 0) is 31.4 Å². The number of allylic oxidation sites excluding steroid dienone is 1. The van der Waals surface area contributed by atoms with Crippen LogP contribution >= 0.6 is 0 Å². The van der Waals surface area contributed by atoms with Crippen molar-refractivity contribution in [1.82, 2.24) is 0 Å². The molecule has 0 N–H and O–H groups in total. The van der Waals surface area contributed by atoms with Crippen LogP contribution in [0, 0.1) is 17.6 Å². The van der Waals surface area contributed by atoms with Crippen LogP contribution in [-0.4, -0.2) is 13.2 Å². The van der Waals surface area contributed by atoms with Crippen molar-refractivity contribution in [2.45, 2.75) is 25.6 Å². The minimum Gasteiger partial charge on any atom is -0.348 e. The van der Waals surface area contributed by atoms with Gasteiger partial charge in [-0.25, -0.2) is 8.78 Å². The normalized spacial score (nSPS) is 23.3. The number of hydrogen-bond donors (Lipinski definition) is 0. The van der Waals surface area contributed by atoms with Gasteiger partial charge in [-0.15, -0.1) is 6.58 Å². The van der Waals surface area contributed by atoms with Crippen LogP contribution in [0.5, 0.6) is 0 Å². The van der Waals surface area contributed by atoms with Crippen molar-refractivity contribution < 1.29 is 18.3 Å². The van der Waals surface area contributed by atoms with Gasteiger partial charge >= 0.3 is 0 Å². The molecule has 1 heterocycles. The molecule has 1 saturated heterocycles. The van der Waals surface area contributed by atoms with E-state index in [0.29, 0.717) is 24.7 Å². The fourth-order valence-electron chi connectivity index (χ4n) is 2.11. The Bertz CT molecular complexity index is 426. The molecule has 0 unspecified atom stereocenters. The Balaban J connectivity index is 1.85. The van der Waals surface area contributed by atoms with Gasteiger partial charge in [0.25, 0.3) is 0 Å². The highest BCUT2D eigenvalue weighted by molar-refractivity contribution is 5.19. The summed E-state index contributed by atoms with van der Waals surface area (Å²) in [6, 6.07) is 3.70. The molecule has 1 aliphatic rings. The van der Waals surface area contributed by atoms with Gasteiger partial charge in [-0.1, -0.05) is 12.1 Å². The van der Waals surface area contributed by atoms with E-state index in [2.05, 4.69) is 6.58 Å². The molecular formula is C15H18F2O2. The molecule has 1 fully saturated rings. The van der Waals surface area contributed by atoms with Crippen molar-refractivity contribution in [3.63, 3.8) is 0 Å². The lowest BCUT2D eigenvalue weighted by Gasteiger charge is -2.29. The van der Waals surface area contributed by atoms with E-state index in [4.69, 9.17) is 9.47 Å². The first-order valence-electron chi connectivity index (χ1n) is 6.49. The van der Waals surface area contributed by atoms with Crippen LogP contribution in [0.4, 0.5) is 8.78 Å². The second kappa shape index (κ2) is 6.78. The molecule has 0 radical (unpaired) electrons. The average Bonchev–Trinajstić information content (AvgIpc) is 2.43. The molecule has 0 atom stereocenters. The minimum absolute atomic E-state index is 0.362. The topological polar surface area (TPSA) is 18.5 Å². The van der Waals surface area contributed by atoms with Gasteiger partial charge < -0.3 is 9.47 Å². The van der Waals surface area contributed by atoms with Crippen LogP contribution in [0.15, 0.2) is 30.9 Å². The van der Waals surface area contributed by atoms with Crippen molar-refractivity contribution in [2.75, 3.05) is 13.2 Å². The standard InChI is InChI=1S/C15H18F2O2/c1-2-3-4-5-11-9-18-15(19-10-11)12-6-7-13(16)14(17)8-12/h2,6-8,11,15H,1,3-5,9-10H2/t11-,15-. The third-order valence-corrected chi connectivity index (χ3v) is 3.20. The summed E-state index contributed by atoms with van der Waals surface area (Å²) in [7, 11) is 0. The van der Waals surface area contributed by atoms with Gasteiger partial charge in [0.1, 0.15) is 0 Å². The summed E-state index contributed by atoms with van der Waals surface area (Å²) in [6.07, 6.45) is 4.39. The number of unbranched alkanes of at least 4 members (excludes halogenated alkanes) is 1. The summed E-state index contributed by atoms with van der Waals surface area (Å²) in [5, 5.41) is 0. The predicted molar refractivity (Wildman–Crippen MR) is 68.5 cm³/mol. The molecule has 0 aromatic heterocycles. The van der Waals surface area contributed by atoms with Crippen LogP contribution < -0.4 is 0 Å². The van der Waals surface area contributed by atoms with E-state index in [1.807, 2.05) is 6.08 Å². The van der Waals surface area contributed by atoms with E-state index in [1.165, 1.54) is 6.07 Å². The molecule has 0 amide bonds. The maximum absolute atomic E-state index is 13.1. The van der Waals surface area contributed by atoms with Gasteiger partial charge in [0, 0.05) is 11.5 Å². The SMILES string of the molecule is C=CCCC[C@H]1CO[C@H](c2ccc(F)c(F)c2)OC1. The summed E-state index contributed by atoms with van der Waals surface area (Å²) in [6.45, 7) is 4.85. The molecule has 104 valence electrons. The van der Waals surface area contributed by atoms with Crippen LogP contribution in [0.2, 0.25) is 0 Å². The maximum Gasteiger partial charge on any atom is 0.183 e. The highest BCUT2D eigenvalue weighted by Gasteiger charge is 2.23. The number of halogens is 2. The predicted octanol–water partition coefficient (Wildman–Crippen LogP) is 3.98. The Morgan fingerprint density at radius 3 is 2.58 bits per heavy atom. The summed E-state index contributed by atoms with van der Waals surface area (Å²) in [5.74, 6) is -1.37. The highest BCUT2D eigenvalue weighted by Crippen LogP contribution is 2.27. The Hall–Kier alpha value is -1.26. The number of benzene rings is 1. The third-order valence-electron chi connectivity index (χ3n) is 3.20. The van der Waals surface area contributed by atoms with Crippen LogP contribution in [0.3, 0.4) is 0 Å². The Labute approximate surface area is 112 Å². The monoisotopic (exact) mass is 268 g/mol. The minimum atomic E-state index is -0.877. The molecule has 0 saturated carbocycles. The smallest absolute Gasteiger partial charge is 0.183 e. The molecule has 0 aliphatic carbocycles. The molecule has 19 heavy (non-hydrogen) atoms. The molecule has 2 rings (SSSR count). The quantitative estimate of drug-likeness (QED) is 0.594. The maximum atomic E-state index is 13.1. The Morgan fingerprint density at radius 2 is 1.95 bits per heavy atom. The molecular weight excluding hydrogens is 250 g/mol. The van der Waals surface area contributed by atoms with E-state index < -0.39 is 17.9 Å². The van der Waals surface area contributed by atoms with Crippen molar-refractivity contribution in [3.05, 3.63) is 48.1 Å². The first-order valence-corrected chi connectivity index (χ1v) is 6.49. The fourth-order valence-corrected chi connectivity index (χ4v) is 2.11. The van der Waals surface area contributed by atoms with E-state index in [9.17, 15) is 8.78 Å². The van der Waals surface area contributed by atoms with Crippen molar-refractivity contribution in [1.29, 1.82) is 0 Å². The molecule has 1 aliphatic heterocycles. The first-order chi connectivity index (χ1) is 9.20. The van der Waals surface area contributed by atoms with Crippen LogP contribution in [0.25, 0.3) is 0 Å². The molecule has 2 nitrogen and oxygen atoms in total. The zero-order chi connectivity index (χ0) is 13.7. The fraction of sp³-hybridized carbons (Fsp3) is 0.467. The third kappa shape index (κ3) is 3.85. The second-order valence-electron chi connectivity index (χ2n) is 4.76. The Morgan fingerprint density at radius 1 is 1.21 bits per heavy atom. The zero-order valence-corrected chi connectivity index (χ0v) is 10.8. The van der Waals surface area contributed by atoms with Crippen molar-refractivity contribution in [2.24, 2.45) is 5.92 Å². The van der Waals surface area contributed by atoms with Gasteiger partial charge in [-0.2, -0.15) is 0 Å². The number of ether oxygens (including phenoxy) is 2. The van der Waals surface area contributed by atoms with Crippen LogP contribution in [-0.2, 0) is 9.47 Å². The molecule has 0 bridgehead atoms. The summed E-state index contributed by atoms with van der Waals surface area (Å²) in [4.78, 5) is 0. The number of hydrogen-bond acceptors (Lipinski definition) is 2. The number of rotatable bonds is 5. The first kappa shape index (κ1) is 14.2. The highest BCUT2D eigenvalue weighted by atomic mass is 19.2. The Kier molecular flexibility index (Phi) is 5.05. The molecule has 4 heteroatoms. The largest absolute Gasteiger partial charge is 0.348 e. The second-order valence-corrected chi connectivity index (χ2v) is 4.76. The molecule has 1 aromatic carbocycles. The van der Waals surface area contributed by atoms with Crippen LogP contribution in [0.1, 0.15) is 31.1 Å². The lowest BCUT2D eigenvalue weighted by Crippen LogP contribution is -2.27. The molecule has 0 spiro atoms. The summed E-state index contributed by atoms with van der Waals surface area (Å²) in [5.41, 5.74) is 0.517. The van der Waals surface area contributed by atoms with Crippen molar-refractivity contribution in [3.8, 4) is 0 Å². The summed E-state index contributed by atoms with van der Waals surface area (Å²) >= 11 is 0. The average molecular weight is 268 g/mol. The lowest BCUT2D eigenvalue weighted by atomic mass is 10.0. The van der Waals surface area contributed by atoms with Gasteiger partial charge in [-0.3, -0.25) is 0 Å².